The van der Waals surface area contributed by atoms with Gasteiger partial charge in [0.2, 0.25) is 11.8 Å². The Hall–Kier alpha value is -2.84. The molecule has 2 aromatic rings. The highest BCUT2D eigenvalue weighted by Gasteiger charge is 2.51. The molecule has 3 fully saturated rings. The second-order valence-electron chi connectivity index (χ2n) is 10.5. The highest BCUT2D eigenvalue weighted by atomic mass is 19.3. The van der Waals surface area contributed by atoms with E-state index < -0.39 is 12.3 Å². The number of amides is 2. The molecular weight excluding hydrogens is 442 g/mol. The molecule has 0 saturated heterocycles. The van der Waals surface area contributed by atoms with Crippen molar-refractivity contribution in [1.82, 2.24) is 20.4 Å². The van der Waals surface area contributed by atoms with Crippen LogP contribution in [0.15, 0.2) is 22.6 Å². The van der Waals surface area contributed by atoms with Gasteiger partial charge in [0, 0.05) is 29.6 Å². The number of carbonyl (C=O) groups excluding carboxylic acids is 2. The number of nitrogens with one attached hydrogen (secondary N) is 1. The van der Waals surface area contributed by atoms with E-state index in [4.69, 9.17) is 4.42 Å². The van der Waals surface area contributed by atoms with Crippen molar-refractivity contribution < 1.29 is 22.8 Å². The van der Waals surface area contributed by atoms with Gasteiger partial charge < -0.3 is 14.6 Å². The average molecular weight is 471 g/mol. The summed E-state index contributed by atoms with van der Waals surface area (Å²) in [6, 6.07) is 5.08. The van der Waals surface area contributed by atoms with Gasteiger partial charge in [-0.2, -0.15) is 8.78 Å². The van der Waals surface area contributed by atoms with Crippen molar-refractivity contribution in [2.75, 3.05) is 0 Å². The molecule has 6 rings (SSSR count). The predicted octanol–water partition coefficient (Wildman–Crippen LogP) is 4.64. The Morgan fingerprint density at radius 1 is 1.15 bits per heavy atom. The summed E-state index contributed by atoms with van der Waals surface area (Å²) in [6.07, 6.45) is 6.78. The number of nitrogens with zero attached hydrogens (tertiary/aromatic N) is 3. The van der Waals surface area contributed by atoms with Crippen LogP contribution < -0.4 is 5.32 Å². The van der Waals surface area contributed by atoms with Gasteiger partial charge in [-0.05, 0) is 61.6 Å². The van der Waals surface area contributed by atoms with Crippen molar-refractivity contribution in [2.45, 2.75) is 82.8 Å². The minimum Gasteiger partial charge on any atom is -0.415 e. The van der Waals surface area contributed by atoms with Crippen molar-refractivity contribution in [3.05, 3.63) is 35.2 Å². The third-order valence-electron chi connectivity index (χ3n) is 8.42. The SMILES string of the molecule is O=C(N[C@@H]1CCCC[C@H]1N1Cc2ccc(-c3nnc(C(F)F)o3)cc2C1=O)C1CC2(CCC2)C1. The Bertz CT molecular complexity index is 1120. The van der Waals surface area contributed by atoms with Gasteiger partial charge in [0.05, 0.1) is 6.04 Å². The van der Waals surface area contributed by atoms with E-state index in [1.807, 2.05) is 11.0 Å². The Morgan fingerprint density at radius 3 is 2.65 bits per heavy atom. The van der Waals surface area contributed by atoms with Crippen LogP contribution in [-0.4, -0.2) is 39.0 Å². The van der Waals surface area contributed by atoms with E-state index in [1.165, 1.54) is 19.3 Å². The van der Waals surface area contributed by atoms with Crippen LogP contribution in [0.2, 0.25) is 0 Å². The maximum atomic E-state index is 13.4. The number of hydrogen-bond acceptors (Lipinski definition) is 5. The van der Waals surface area contributed by atoms with Gasteiger partial charge in [0.15, 0.2) is 0 Å². The summed E-state index contributed by atoms with van der Waals surface area (Å²) in [7, 11) is 0. The zero-order valence-electron chi connectivity index (χ0n) is 18.9. The van der Waals surface area contributed by atoms with E-state index in [9.17, 15) is 18.4 Å². The maximum absolute atomic E-state index is 13.4. The predicted molar refractivity (Wildman–Crippen MR) is 118 cm³/mol. The lowest BCUT2D eigenvalue weighted by molar-refractivity contribution is -0.138. The van der Waals surface area contributed by atoms with Crippen LogP contribution in [0.3, 0.4) is 0 Å². The zero-order valence-corrected chi connectivity index (χ0v) is 18.9. The molecule has 9 heteroatoms. The Kier molecular flexibility index (Phi) is 5.18. The monoisotopic (exact) mass is 470 g/mol. The molecule has 180 valence electrons. The van der Waals surface area contributed by atoms with Gasteiger partial charge in [-0.1, -0.05) is 25.3 Å². The van der Waals surface area contributed by atoms with Crippen LogP contribution >= 0.6 is 0 Å². The molecule has 2 atom stereocenters. The van der Waals surface area contributed by atoms with E-state index in [0.717, 1.165) is 44.1 Å². The number of fused-ring (bicyclic) bond motifs is 1. The number of aromatic nitrogens is 2. The molecule has 1 aliphatic heterocycles. The molecule has 1 spiro atoms. The quantitative estimate of drug-likeness (QED) is 0.688. The first-order valence-electron chi connectivity index (χ1n) is 12.3. The lowest BCUT2D eigenvalue weighted by Crippen LogP contribution is -2.56. The molecule has 0 unspecified atom stereocenters. The lowest BCUT2D eigenvalue weighted by Gasteiger charge is -2.54. The van der Waals surface area contributed by atoms with Crippen molar-refractivity contribution in [3.63, 3.8) is 0 Å². The van der Waals surface area contributed by atoms with Gasteiger partial charge in [0.1, 0.15) is 0 Å². The fourth-order valence-electron chi connectivity index (χ4n) is 6.37. The molecule has 1 N–H and O–H groups in total. The van der Waals surface area contributed by atoms with E-state index in [2.05, 4.69) is 15.5 Å². The maximum Gasteiger partial charge on any atom is 0.314 e. The Labute approximate surface area is 196 Å². The van der Waals surface area contributed by atoms with Gasteiger partial charge in [-0.3, -0.25) is 9.59 Å². The standard InChI is InChI=1S/C25H28F2N4O3/c26-20(27)23-30-29-22(34-23)14-6-7-15-13-31(24(33)17(15)10-14)19-5-2-1-4-18(19)28-21(32)16-11-25(12-16)8-3-9-25/h6-7,10,16,18-20H,1-5,8-9,11-13H2,(H,28,32)/t18-,19-/m1/s1. The molecule has 0 bridgehead atoms. The van der Waals surface area contributed by atoms with Crippen LogP contribution in [-0.2, 0) is 11.3 Å². The molecule has 1 aromatic carbocycles. The van der Waals surface area contributed by atoms with E-state index >= 15 is 0 Å². The summed E-state index contributed by atoms with van der Waals surface area (Å²) < 4.78 is 30.7. The number of alkyl halides is 2. The number of rotatable bonds is 5. The summed E-state index contributed by atoms with van der Waals surface area (Å²) in [5, 5.41) is 10.4. The van der Waals surface area contributed by atoms with Gasteiger partial charge in [-0.15, -0.1) is 10.2 Å². The topological polar surface area (TPSA) is 88.3 Å². The van der Waals surface area contributed by atoms with E-state index in [0.29, 0.717) is 23.1 Å². The molecule has 34 heavy (non-hydrogen) atoms. The van der Waals surface area contributed by atoms with Crippen molar-refractivity contribution in [2.24, 2.45) is 11.3 Å². The lowest BCUT2D eigenvalue weighted by atomic mass is 9.51. The fourth-order valence-corrected chi connectivity index (χ4v) is 6.37. The molecule has 1 aromatic heterocycles. The second kappa shape index (κ2) is 8.13. The van der Waals surface area contributed by atoms with Crippen molar-refractivity contribution >= 4 is 11.8 Å². The number of halogens is 2. The number of hydrogen-bond donors (Lipinski definition) is 1. The molecule has 3 saturated carbocycles. The van der Waals surface area contributed by atoms with Crippen LogP contribution in [0.4, 0.5) is 8.78 Å². The molecule has 2 heterocycles. The molecular formula is C25H28F2N4O3. The first kappa shape index (κ1) is 21.7. The summed E-state index contributed by atoms with van der Waals surface area (Å²) >= 11 is 0. The minimum atomic E-state index is -2.84. The Balaban J connectivity index is 1.16. The van der Waals surface area contributed by atoms with Crippen LogP contribution in [0, 0.1) is 11.3 Å². The smallest absolute Gasteiger partial charge is 0.314 e. The van der Waals surface area contributed by atoms with Crippen LogP contribution in [0.5, 0.6) is 0 Å². The van der Waals surface area contributed by atoms with Gasteiger partial charge in [0.25, 0.3) is 11.8 Å². The third-order valence-corrected chi connectivity index (χ3v) is 8.42. The van der Waals surface area contributed by atoms with E-state index in [-0.39, 0.29) is 35.7 Å². The molecule has 2 amide bonds. The molecule has 7 nitrogen and oxygen atoms in total. The highest BCUT2D eigenvalue weighted by molar-refractivity contribution is 5.99. The summed E-state index contributed by atoms with van der Waals surface area (Å²) in [5.74, 6) is -0.610. The zero-order chi connectivity index (χ0) is 23.4. The molecule has 3 aliphatic carbocycles. The highest BCUT2D eigenvalue weighted by Crippen LogP contribution is 2.58. The van der Waals surface area contributed by atoms with Gasteiger partial charge in [-0.25, -0.2) is 0 Å². The summed E-state index contributed by atoms with van der Waals surface area (Å²) in [5.41, 5.74) is 2.30. The second-order valence-corrected chi connectivity index (χ2v) is 10.5. The summed E-state index contributed by atoms with van der Waals surface area (Å²) in [4.78, 5) is 28.2. The Morgan fingerprint density at radius 2 is 1.94 bits per heavy atom. The summed E-state index contributed by atoms with van der Waals surface area (Å²) in [6.45, 7) is 0.476. The molecule has 4 aliphatic rings. The fraction of sp³-hybridized carbons (Fsp3) is 0.600. The van der Waals surface area contributed by atoms with Crippen molar-refractivity contribution in [1.29, 1.82) is 0 Å². The first-order chi connectivity index (χ1) is 16.4. The minimum absolute atomic E-state index is 0.0307. The average Bonchev–Trinajstić information content (AvgIpc) is 3.38. The van der Waals surface area contributed by atoms with Crippen molar-refractivity contribution in [3.8, 4) is 11.5 Å². The van der Waals surface area contributed by atoms with Crippen LogP contribution in [0.1, 0.15) is 86.0 Å². The first-order valence-corrected chi connectivity index (χ1v) is 12.3. The third kappa shape index (κ3) is 3.60. The van der Waals surface area contributed by atoms with Gasteiger partial charge >= 0.3 is 6.43 Å². The van der Waals surface area contributed by atoms with E-state index in [1.54, 1.807) is 12.1 Å². The van der Waals surface area contributed by atoms with Crippen LogP contribution in [0.25, 0.3) is 11.5 Å². The number of benzene rings is 1. The molecule has 0 radical (unpaired) electrons. The normalized spacial score (nSPS) is 25.9. The number of carbonyl (C=O) groups is 2. The largest absolute Gasteiger partial charge is 0.415 e.